The highest BCUT2D eigenvalue weighted by molar-refractivity contribution is 7.16. The lowest BCUT2D eigenvalue weighted by Crippen LogP contribution is -2.38. The van der Waals surface area contributed by atoms with Gasteiger partial charge in [-0.1, -0.05) is 12.1 Å². The van der Waals surface area contributed by atoms with Crippen molar-refractivity contribution in [3.8, 4) is 17.2 Å². The van der Waals surface area contributed by atoms with Gasteiger partial charge in [-0.15, -0.1) is 11.3 Å². The summed E-state index contributed by atoms with van der Waals surface area (Å²) in [5.74, 6) is 1.02. The van der Waals surface area contributed by atoms with E-state index in [2.05, 4.69) is 22.6 Å². The fraction of sp³-hybridized carbons (Fsp3) is 0.250. The molecule has 0 fully saturated rings. The van der Waals surface area contributed by atoms with Crippen molar-refractivity contribution >= 4 is 28.2 Å². The highest BCUT2D eigenvalue weighted by Gasteiger charge is 2.32. The highest BCUT2D eigenvalue weighted by Crippen LogP contribution is 2.40. The number of amides is 1. The number of nitrogens with one attached hydrogen (secondary N) is 2. The van der Waals surface area contributed by atoms with E-state index in [0.29, 0.717) is 22.8 Å². The van der Waals surface area contributed by atoms with Crippen LogP contribution in [0.2, 0.25) is 0 Å². The maximum Gasteiger partial charge on any atom is 0.343 e. The second-order valence-electron chi connectivity index (χ2n) is 8.27. The van der Waals surface area contributed by atoms with Crippen LogP contribution in [0, 0.1) is 0 Å². The maximum absolute atomic E-state index is 12.9. The lowest BCUT2D eigenvalue weighted by Gasteiger charge is -2.27. The van der Waals surface area contributed by atoms with Gasteiger partial charge in [0.05, 0.1) is 11.1 Å². The molecule has 1 amide bonds. The molecule has 0 saturated heterocycles. The number of ether oxygens (including phenoxy) is 3. The molecular weight excluding hydrogens is 442 g/mol. The van der Waals surface area contributed by atoms with E-state index in [1.54, 1.807) is 41.7 Å². The lowest BCUT2D eigenvalue weighted by molar-refractivity contribution is 0.0734. The first-order valence-electron chi connectivity index (χ1n) is 10.7. The number of anilines is 1. The quantitative estimate of drug-likeness (QED) is 0.454. The van der Waals surface area contributed by atoms with Crippen LogP contribution in [0.1, 0.15) is 42.9 Å². The topological polar surface area (TPSA) is 89.1 Å². The minimum absolute atomic E-state index is 0.0471. The molecule has 4 heterocycles. The standard InChI is InChI=1S/C24H21N3O5S/c1-27-9-8-16-19(11-27)33-23-20(16)22(28)25-21(26-23)13-2-5-15(6-3-13)32-24(29)14-4-7-17-18(10-14)31-12-30-17/h2-7,10,21,26H,8-9,11-12H2,1H3,(H,25,28). The zero-order valence-corrected chi connectivity index (χ0v) is 18.7. The Morgan fingerprint density at radius 3 is 2.79 bits per heavy atom. The largest absolute Gasteiger partial charge is 0.454 e. The minimum Gasteiger partial charge on any atom is -0.454 e. The second-order valence-corrected chi connectivity index (χ2v) is 9.38. The van der Waals surface area contributed by atoms with E-state index < -0.39 is 5.97 Å². The SMILES string of the molecule is CN1CCc2c(sc3c2C(=O)NC(c2ccc(OC(=O)c4ccc5c(c4)OCO5)cc2)N3)C1. The van der Waals surface area contributed by atoms with Gasteiger partial charge in [-0.05, 0) is 54.9 Å². The molecule has 6 rings (SSSR count). The van der Waals surface area contributed by atoms with Gasteiger partial charge in [0.25, 0.3) is 5.91 Å². The molecule has 33 heavy (non-hydrogen) atoms. The van der Waals surface area contributed by atoms with Gasteiger partial charge in [0.1, 0.15) is 16.9 Å². The first-order valence-corrected chi connectivity index (χ1v) is 11.5. The number of esters is 1. The molecule has 1 unspecified atom stereocenters. The Hall–Kier alpha value is -3.56. The van der Waals surface area contributed by atoms with Crippen molar-refractivity contribution in [3.05, 3.63) is 69.6 Å². The summed E-state index contributed by atoms with van der Waals surface area (Å²) in [6.45, 7) is 1.98. The van der Waals surface area contributed by atoms with E-state index in [0.717, 1.165) is 35.6 Å². The predicted octanol–water partition coefficient (Wildman–Crippen LogP) is 3.54. The fourth-order valence-corrected chi connectivity index (χ4v) is 5.68. The van der Waals surface area contributed by atoms with Crippen molar-refractivity contribution in [2.24, 2.45) is 0 Å². The van der Waals surface area contributed by atoms with Gasteiger partial charge in [0, 0.05) is 18.0 Å². The van der Waals surface area contributed by atoms with Crippen LogP contribution in [-0.2, 0) is 13.0 Å². The number of carbonyl (C=O) groups is 2. The summed E-state index contributed by atoms with van der Waals surface area (Å²) in [5, 5.41) is 7.43. The molecule has 1 aromatic heterocycles. The molecule has 0 spiro atoms. The van der Waals surface area contributed by atoms with Crippen LogP contribution in [-0.4, -0.2) is 37.2 Å². The number of likely N-dealkylation sites (N-methyl/N-ethyl adjacent to an activating group) is 1. The highest BCUT2D eigenvalue weighted by atomic mass is 32.1. The third kappa shape index (κ3) is 3.59. The molecule has 168 valence electrons. The summed E-state index contributed by atoms with van der Waals surface area (Å²) in [6, 6.07) is 12.1. The Balaban J connectivity index is 1.17. The van der Waals surface area contributed by atoms with Gasteiger partial charge in [-0.25, -0.2) is 4.79 Å². The Morgan fingerprint density at radius 2 is 1.94 bits per heavy atom. The van der Waals surface area contributed by atoms with Crippen LogP contribution in [0.5, 0.6) is 17.2 Å². The van der Waals surface area contributed by atoms with Crippen LogP contribution in [0.3, 0.4) is 0 Å². The number of benzene rings is 2. The van der Waals surface area contributed by atoms with E-state index in [1.807, 2.05) is 12.1 Å². The molecule has 2 N–H and O–H groups in total. The lowest BCUT2D eigenvalue weighted by atomic mass is 10.0. The van der Waals surface area contributed by atoms with E-state index in [4.69, 9.17) is 14.2 Å². The second kappa shape index (κ2) is 7.79. The predicted molar refractivity (Wildman–Crippen MR) is 122 cm³/mol. The summed E-state index contributed by atoms with van der Waals surface area (Å²) in [4.78, 5) is 28.9. The number of thiophene rings is 1. The Kier molecular flexibility index (Phi) is 4.74. The van der Waals surface area contributed by atoms with E-state index in [-0.39, 0.29) is 18.9 Å². The molecule has 9 heteroatoms. The zero-order chi connectivity index (χ0) is 22.5. The smallest absolute Gasteiger partial charge is 0.343 e. The van der Waals surface area contributed by atoms with Crippen molar-refractivity contribution in [3.63, 3.8) is 0 Å². The summed E-state index contributed by atoms with van der Waals surface area (Å²) in [6.07, 6.45) is 0.544. The maximum atomic E-state index is 12.9. The van der Waals surface area contributed by atoms with Crippen LogP contribution >= 0.6 is 11.3 Å². The molecule has 3 aliphatic heterocycles. The number of fused-ring (bicyclic) bond motifs is 4. The van der Waals surface area contributed by atoms with E-state index in [1.165, 1.54) is 10.4 Å². The average Bonchev–Trinajstić information content (AvgIpc) is 3.42. The minimum atomic E-state index is -0.482. The van der Waals surface area contributed by atoms with Gasteiger partial charge < -0.3 is 29.7 Å². The molecule has 3 aromatic rings. The van der Waals surface area contributed by atoms with Gasteiger partial charge in [0.15, 0.2) is 11.5 Å². The number of hydrogen-bond acceptors (Lipinski definition) is 8. The molecular formula is C24H21N3O5S. The van der Waals surface area contributed by atoms with Gasteiger partial charge in [-0.3, -0.25) is 4.79 Å². The van der Waals surface area contributed by atoms with Gasteiger partial charge >= 0.3 is 5.97 Å². The molecule has 8 nitrogen and oxygen atoms in total. The molecule has 0 radical (unpaired) electrons. The van der Waals surface area contributed by atoms with Crippen LogP contribution in [0.4, 0.5) is 5.00 Å². The molecule has 3 aliphatic rings. The average molecular weight is 464 g/mol. The van der Waals surface area contributed by atoms with Crippen LogP contribution in [0.15, 0.2) is 42.5 Å². The molecule has 0 saturated carbocycles. The van der Waals surface area contributed by atoms with Crippen molar-refractivity contribution in [2.75, 3.05) is 25.7 Å². The zero-order valence-electron chi connectivity index (χ0n) is 17.8. The van der Waals surface area contributed by atoms with Crippen molar-refractivity contribution < 1.29 is 23.8 Å². The van der Waals surface area contributed by atoms with Crippen LogP contribution < -0.4 is 24.8 Å². The van der Waals surface area contributed by atoms with Crippen LogP contribution in [0.25, 0.3) is 0 Å². The number of hydrogen-bond donors (Lipinski definition) is 2. The molecule has 0 aliphatic carbocycles. The Labute approximate surface area is 194 Å². The third-order valence-corrected chi connectivity index (χ3v) is 7.21. The van der Waals surface area contributed by atoms with E-state index >= 15 is 0 Å². The summed E-state index contributed by atoms with van der Waals surface area (Å²) in [5.41, 5.74) is 3.21. The number of nitrogens with zero attached hydrogens (tertiary/aromatic N) is 1. The van der Waals surface area contributed by atoms with E-state index in [9.17, 15) is 9.59 Å². The summed E-state index contributed by atoms with van der Waals surface area (Å²) in [7, 11) is 2.10. The van der Waals surface area contributed by atoms with Gasteiger partial charge in [-0.2, -0.15) is 0 Å². The fourth-order valence-electron chi connectivity index (χ4n) is 4.33. The summed E-state index contributed by atoms with van der Waals surface area (Å²) >= 11 is 1.66. The van der Waals surface area contributed by atoms with Crippen molar-refractivity contribution in [2.45, 2.75) is 19.1 Å². The van der Waals surface area contributed by atoms with Crippen molar-refractivity contribution in [1.29, 1.82) is 0 Å². The molecule has 2 aromatic carbocycles. The molecule has 1 atom stereocenters. The van der Waals surface area contributed by atoms with Gasteiger partial charge in [0.2, 0.25) is 6.79 Å². The first kappa shape index (κ1) is 20.1. The monoisotopic (exact) mass is 463 g/mol. The third-order valence-electron chi connectivity index (χ3n) is 6.06. The normalized spacial score (nSPS) is 18.7. The number of carbonyl (C=O) groups excluding carboxylic acids is 2. The number of rotatable bonds is 3. The Morgan fingerprint density at radius 1 is 1.12 bits per heavy atom. The summed E-state index contributed by atoms with van der Waals surface area (Å²) < 4.78 is 16.1. The molecule has 0 bridgehead atoms. The Bertz CT molecular complexity index is 1270. The van der Waals surface area contributed by atoms with Crippen molar-refractivity contribution in [1.82, 2.24) is 10.2 Å². The first-order chi connectivity index (χ1) is 16.0.